The molecule has 13 heavy (non-hydrogen) atoms. The van der Waals surface area contributed by atoms with Crippen LogP contribution in [0.25, 0.3) is 11.0 Å². The lowest BCUT2D eigenvalue weighted by molar-refractivity contribution is 0.446. The summed E-state index contributed by atoms with van der Waals surface area (Å²) < 4.78 is 5.28. The van der Waals surface area contributed by atoms with Gasteiger partial charge < -0.3 is 4.52 Å². The van der Waals surface area contributed by atoms with Gasteiger partial charge in [-0.15, -0.1) is 0 Å². The van der Waals surface area contributed by atoms with E-state index >= 15 is 0 Å². The number of nitrogens with zero attached hydrogens (tertiary/aromatic N) is 1. The Hall–Kier alpha value is -1.31. The van der Waals surface area contributed by atoms with Crippen LogP contribution in [0.3, 0.4) is 0 Å². The molecule has 0 bridgehead atoms. The molecule has 0 aliphatic rings. The number of hydrogen-bond donors (Lipinski definition) is 0. The van der Waals surface area contributed by atoms with Crippen LogP contribution in [0, 0.1) is 13.8 Å². The summed E-state index contributed by atoms with van der Waals surface area (Å²) in [7, 11) is 0. The summed E-state index contributed by atoms with van der Waals surface area (Å²) in [5.74, 6) is 0. The lowest BCUT2D eigenvalue weighted by Gasteiger charge is -1.96. The van der Waals surface area contributed by atoms with Crippen LogP contribution in [0.1, 0.15) is 23.7 Å². The maximum Gasteiger partial charge on any atom is 0.170 e. The van der Waals surface area contributed by atoms with Crippen molar-refractivity contribution in [3.05, 3.63) is 29.0 Å². The van der Waals surface area contributed by atoms with E-state index in [-0.39, 0.29) is 0 Å². The largest absolute Gasteiger partial charge is 0.356 e. The van der Waals surface area contributed by atoms with Gasteiger partial charge in [0.05, 0.1) is 5.69 Å². The highest BCUT2D eigenvalue weighted by atomic mass is 16.5. The van der Waals surface area contributed by atoms with Crippen molar-refractivity contribution in [1.82, 2.24) is 5.16 Å². The summed E-state index contributed by atoms with van der Waals surface area (Å²) in [6.07, 6.45) is 0.926. The first kappa shape index (κ1) is 8.30. The fourth-order valence-corrected chi connectivity index (χ4v) is 1.69. The first-order valence-corrected chi connectivity index (χ1v) is 4.58. The minimum absolute atomic E-state index is 0.926. The molecule has 0 unspecified atom stereocenters. The predicted octanol–water partition coefficient (Wildman–Crippen LogP) is 3.01. The SMILES string of the molecule is CCc1noc2c(C)cc(C)cc12. The lowest BCUT2D eigenvalue weighted by atomic mass is 10.1. The maximum atomic E-state index is 5.28. The summed E-state index contributed by atoms with van der Waals surface area (Å²) >= 11 is 0. The highest BCUT2D eigenvalue weighted by Crippen LogP contribution is 2.23. The van der Waals surface area contributed by atoms with Gasteiger partial charge in [-0.2, -0.15) is 0 Å². The second kappa shape index (κ2) is 2.87. The Morgan fingerprint density at radius 1 is 1.31 bits per heavy atom. The van der Waals surface area contributed by atoms with Gasteiger partial charge in [-0.3, -0.25) is 0 Å². The Bertz CT molecular complexity index is 443. The van der Waals surface area contributed by atoms with E-state index in [1.54, 1.807) is 0 Å². The van der Waals surface area contributed by atoms with Crippen molar-refractivity contribution < 1.29 is 4.52 Å². The van der Waals surface area contributed by atoms with Gasteiger partial charge in [0, 0.05) is 5.39 Å². The van der Waals surface area contributed by atoms with Crippen molar-refractivity contribution in [2.24, 2.45) is 0 Å². The van der Waals surface area contributed by atoms with Crippen molar-refractivity contribution in [1.29, 1.82) is 0 Å². The van der Waals surface area contributed by atoms with Gasteiger partial charge >= 0.3 is 0 Å². The van der Waals surface area contributed by atoms with Crippen LogP contribution in [-0.2, 0) is 6.42 Å². The molecule has 2 rings (SSSR count). The van der Waals surface area contributed by atoms with Crippen LogP contribution in [-0.4, -0.2) is 5.16 Å². The molecule has 68 valence electrons. The Kier molecular flexibility index (Phi) is 1.83. The summed E-state index contributed by atoms with van der Waals surface area (Å²) in [5, 5.41) is 5.21. The van der Waals surface area contributed by atoms with Crippen LogP contribution >= 0.6 is 0 Å². The molecule has 1 aromatic carbocycles. The van der Waals surface area contributed by atoms with Gasteiger partial charge in [0.15, 0.2) is 5.58 Å². The molecule has 0 atom stereocenters. The number of fused-ring (bicyclic) bond motifs is 1. The third-order valence-corrected chi connectivity index (χ3v) is 2.31. The van der Waals surface area contributed by atoms with Crippen molar-refractivity contribution in [2.45, 2.75) is 27.2 Å². The fourth-order valence-electron chi connectivity index (χ4n) is 1.69. The Morgan fingerprint density at radius 2 is 2.08 bits per heavy atom. The molecule has 0 aliphatic carbocycles. The first-order valence-electron chi connectivity index (χ1n) is 4.58. The molecule has 0 aliphatic heterocycles. The van der Waals surface area contributed by atoms with E-state index in [1.807, 2.05) is 0 Å². The molecule has 2 heteroatoms. The zero-order valence-corrected chi connectivity index (χ0v) is 8.22. The Morgan fingerprint density at radius 3 is 2.77 bits per heavy atom. The highest BCUT2D eigenvalue weighted by molar-refractivity contribution is 5.83. The normalized spacial score (nSPS) is 11.0. The number of hydrogen-bond acceptors (Lipinski definition) is 2. The van der Waals surface area contributed by atoms with E-state index in [4.69, 9.17) is 4.52 Å². The fraction of sp³-hybridized carbons (Fsp3) is 0.364. The van der Waals surface area contributed by atoms with E-state index in [0.29, 0.717) is 0 Å². The van der Waals surface area contributed by atoms with Crippen molar-refractivity contribution in [3.8, 4) is 0 Å². The summed E-state index contributed by atoms with van der Waals surface area (Å²) in [6.45, 7) is 6.24. The third kappa shape index (κ3) is 1.22. The smallest absolute Gasteiger partial charge is 0.170 e. The van der Waals surface area contributed by atoms with Gasteiger partial charge in [0.1, 0.15) is 0 Å². The van der Waals surface area contributed by atoms with Crippen molar-refractivity contribution >= 4 is 11.0 Å². The van der Waals surface area contributed by atoms with Gasteiger partial charge in [-0.1, -0.05) is 18.1 Å². The lowest BCUT2D eigenvalue weighted by Crippen LogP contribution is -1.81. The third-order valence-electron chi connectivity index (χ3n) is 2.31. The van der Waals surface area contributed by atoms with E-state index in [9.17, 15) is 0 Å². The van der Waals surface area contributed by atoms with Gasteiger partial charge in [-0.25, -0.2) is 0 Å². The molecule has 1 aromatic heterocycles. The predicted molar refractivity (Wildman–Crippen MR) is 52.9 cm³/mol. The minimum atomic E-state index is 0.926. The monoisotopic (exact) mass is 175 g/mol. The van der Waals surface area contributed by atoms with E-state index in [0.717, 1.165) is 17.7 Å². The Labute approximate surface area is 77.5 Å². The quantitative estimate of drug-likeness (QED) is 0.665. The molecule has 2 nitrogen and oxygen atoms in total. The summed E-state index contributed by atoms with van der Waals surface area (Å²) in [6, 6.07) is 4.25. The number of rotatable bonds is 1. The van der Waals surface area contributed by atoms with Gasteiger partial charge in [0.25, 0.3) is 0 Å². The van der Waals surface area contributed by atoms with Crippen LogP contribution in [0.5, 0.6) is 0 Å². The molecule has 0 saturated carbocycles. The number of aromatic nitrogens is 1. The molecule has 0 radical (unpaired) electrons. The van der Waals surface area contributed by atoms with Crippen LogP contribution in [0.2, 0.25) is 0 Å². The topological polar surface area (TPSA) is 26.0 Å². The molecule has 0 saturated heterocycles. The van der Waals surface area contributed by atoms with Crippen molar-refractivity contribution in [3.63, 3.8) is 0 Å². The molecule has 0 amide bonds. The van der Waals surface area contributed by atoms with E-state index in [1.165, 1.54) is 16.5 Å². The highest BCUT2D eigenvalue weighted by Gasteiger charge is 2.08. The van der Waals surface area contributed by atoms with Crippen LogP contribution in [0.15, 0.2) is 16.7 Å². The zero-order chi connectivity index (χ0) is 9.42. The average Bonchev–Trinajstić information content (AvgIpc) is 2.47. The van der Waals surface area contributed by atoms with Crippen molar-refractivity contribution in [2.75, 3.05) is 0 Å². The standard InChI is InChI=1S/C11H13NO/c1-4-10-9-6-7(2)5-8(3)11(9)13-12-10/h5-6H,4H2,1-3H3. The number of benzene rings is 1. The zero-order valence-electron chi connectivity index (χ0n) is 8.22. The van der Waals surface area contributed by atoms with E-state index in [2.05, 4.69) is 38.1 Å². The summed E-state index contributed by atoms with van der Waals surface area (Å²) in [4.78, 5) is 0. The molecule has 2 aromatic rings. The Balaban J connectivity index is 2.82. The molecular formula is C11H13NO. The number of aryl methyl sites for hydroxylation is 3. The van der Waals surface area contributed by atoms with Gasteiger partial charge in [-0.05, 0) is 37.5 Å². The second-order valence-corrected chi connectivity index (χ2v) is 3.44. The van der Waals surface area contributed by atoms with Crippen LogP contribution < -0.4 is 0 Å². The molecule has 1 heterocycles. The molecular weight excluding hydrogens is 162 g/mol. The first-order chi connectivity index (χ1) is 6.22. The average molecular weight is 175 g/mol. The minimum Gasteiger partial charge on any atom is -0.356 e. The maximum absolute atomic E-state index is 5.28. The second-order valence-electron chi connectivity index (χ2n) is 3.44. The van der Waals surface area contributed by atoms with Gasteiger partial charge in [0.2, 0.25) is 0 Å². The van der Waals surface area contributed by atoms with E-state index < -0.39 is 0 Å². The molecule has 0 fully saturated rings. The molecule has 0 N–H and O–H groups in total. The summed E-state index contributed by atoms with van der Waals surface area (Å²) in [5.41, 5.74) is 4.43. The van der Waals surface area contributed by atoms with Crippen LogP contribution in [0.4, 0.5) is 0 Å². The molecule has 0 spiro atoms.